The quantitative estimate of drug-likeness (QED) is 0.756. The lowest BCUT2D eigenvalue weighted by Gasteiger charge is -2.40. The fraction of sp³-hybridized carbons (Fsp3) is 0.800. The first kappa shape index (κ1) is 21.9. The minimum absolute atomic E-state index is 0.334. The van der Waals surface area contributed by atoms with Gasteiger partial charge in [0.25, 0.3) is 0 Å². The average molecular weight is 441 g/mol. The number of carbonyl (C=O) groups is 1. The van der Waals surface area contributed by atoms with E-state index in [9.17, 15) is 4.79 Å². The highest BCUT2D eigenvalue weighted by molar-refractivity contribution is 5.81. The summed E-state index contributed by atoms with van der Waals surface area (Å²) < 4.78 is 0. The van der Waals surface area contributed by atoms with E-state index in [2.05, 4.69) is 31.1 Å². The Morgan fingerprint density at radius 3 is 2.50 bits per heavy atom. The Morgan fingerprint density at radius 1 is 0.875 bits per heavy atom. The van der Waals surface area contributed by atoms with Crippen LogP contribution in [0.1, 0.15) is 70.6 Å². The van der Waals surface area contributed by atoms with Crippen molar-refractivity contribution in [2.75, 3.05) is 49.5 Å². The van der Waals surface area contributed by atoms with Gasteiger partial charge in [0, 0.05) is 56.9 Å². The minimum atomic E-state index is 0.334. The molecule has 4 heterocycles. The first-order chi connectivity index (χ1) is 15.8. The number of hydrogen-bond acceptors (Lipinski definition) is 6. The van der Waals surface area contributed by atoms with E-state index in [4.69, 9.17) is 4.98 Å². The van der Waals surface area contributed by atoms with Gasteiger partial charge < -0.3 is 15.1 Å². The molecule has 32 heavy (non-hydrogen) atoms. The predicted octanol–water partition coefficient (Wildman–Crippen LogP) is 3.52. The van der Waals surface area contributed by atoms with Gasteiger partial charge in [-0.2, -0.15) is 4.98 Å². The summed E-state index contributed by atoms with van der Waals surface area (Å²) in [6.45, 7) is 6.24. The first-order valence-electron chi connectivity index (χ1n) is 13.1. The molecule has 5 rings (SSSR count). The van der Waals surface area contributed by atoms with Gasteiger partial charge in [0.2, 0.25) is 11.9 Å². The number of piperidine rings is 1. The number of rotatable bonds is 5. The summed E-state index contributed by atoms with van der Waals surface area (Å²) in [4.78, 5) is 29.3. The minimum Gasteiger partial charge on any atom is -0.356 e. The van der Waals surface area contributed by atoms with Crippen LogP contribution in [0.25, 0.3) is 0 Å². The maximum Gasteiger partial charge on any atom is 0.225 e. The number of anilines is 2. The monoisotopic (exact) mass is 440 g/mol. The molecule has 0 aromatic carbocycles. The molecule has 7 nitrogen and oxygen atoms in total. The van der Waals surface area contributed by atoms with Crippen LogP contribution in [0.15, 0.2) is 12.3 Å². The van der Waals surface area contributed by atoms with Crippen LogP contribution >= 0.6 is 0 Å². The summed E-state index contributed by atoms with van der Waals surface area (Å²) in [6.07, 6.45) is 15.3. The fourth-order valence-corrected chi connectivity index (χ4v) is 5.74. The molecule has 1 aromatic heterocycles. The highest BCUT2D eigenvalue weighted by atomic mass is 16.2. The average Bonchev–Trinajstić information content (AvgIpc) is 3.68. The number of carbonyl (C=O) groups excluding carboxylic acids is 1. The van der Waals surface area contributed by atoms with Crippen LogP contribution in [0.5, 0.6) is 0 Å². The summed E-state index contributed by atoms with van der Waals surface area (Å²) in [5.41, 5.74) is 0. The molecule has 1 saturated carbocycles. The third-order valence-corrected chi connectivity index (χ3v) is 7.76. The van der Waals surface area contributed by atoms with Gasteiger partial charge in [0.15, 0.2) is 0 Å². The lowest BCUT2D eigenvalue weighted by Crippen LogP contribution is -2.52. The van der Waals surface area contributed by atoms with Crippen molar-refractivity contribution in [3.05, 3.63) is 12.3 Å². The Morgan fingerprint density at radius 2 is 1.69 bits per heavy atom. The van der Waals surface area contributed by atoms with Crippen LogP contribution in [-0.2, 0) is 4.79 Å². The van der Waals surface area contributed by atoms with Crippen LogP contribution in [-0.4, -0.2) is 77.0 Å². The molecule has 7 heteroatoms. The molecule has 1 aromatic rings. The maximum absolute atomic E-state index is 12.6. The van der Waals surface area contributed by atoms with Gasteiger partial charge in [0.1, 0.15) is 5.82 Å². The number of amides is 1. The number of nitrogens with one attached hydrogen (secondary N) is 1. The number of hydrogen-bond donors (Lipinski definition) is 1. The second-order valence-electron chi connectivity index (χ2n) is 10.3. The number of likely N-dealkylation sites (tertiary alicyclic amines) is 2. The van der Waals surface area contributed by atoms with Crippen LogP contribution in [0.3, 0.4) is 0 Å². The first-order valence-corrected chi connectivity index (χ1v) is 13.1. The van der Waals surface area contributed by atoms with Gasteiger partial charge in [-0.3, -0.25) is 9.69 Å². The Balaban J connectivity index is 1.20. The molecule has 3 saturated heterocycles. The Bertz CT molecular complexity index is 761. The van der Waals surface area contributed by atoms with Gasteiger partial charge in [-0.05, 0) is 64.0 Å². The highest BCUT2D eigenvalue weighted by Crippen LogP contribution is 2.32. The summed E-state index contributed by atoms with van der Waals surface area (Å²) in [5, 5.41) is 3.68. The van der Waals surface area contributed by atoms with Gasteiger partial charge in [-0.1, -0.05) is 19.3 Å². The summed E-state index contributed by atoms with van der Waals surface area (Å²) in [5.74, 6) is 2.59. The standard InChI is InChI=1S/C25H40N6O/c32-24(20-10-11-20)31-17-7-9-22(19-31)30-16-6-3-8-21(18-30)27-25-26-13-12-23(28-25)29-14-4-1-2-5-15-29/h12-13,20-22H,1-11,14-19H2,(H,26,27,28). The summed E-state index contributed by atoms with van der Waals surface area (Å²) in [6, 6.07) is 2.92. The lowest BCUT2D eigenvalue weighted by molar-refractivity contribution is -0.134. The largest absolute Gasteiger partial charge is 0.356 e. The number of nitrogens with zero attached hydrogens (tertiary/aromatic N) is 5. The van der Waals surface area contributed by atoms with Crippen LogP contribution in [0.2, 0.25) is 0 Å². The molecule has 3 aliphatic heterocycles. The highest BCUT2D eigenvalue weighted by Gasteiger charge is 2.37. The molecule has 0 bridgehead atoms. The Hall–Kier alpha value is -1.89. The lowest BCUT2D eigenvalue weighted by atomic mass is 10.0. The van der Waals surface area contributed by atoms with Crippen molar-refractivity contribution in [1.29, 1.82) is 0 Å². The van der Waals surface area contributed by atoms with E-state index in [1.165, 1.54) is 44.9 Å². The Kier molecular flexibility index (Phi) is 7.10. The smallest absolute Gasteiger partial charge is 0.225 e. The molecule has 4 aliphatic rings. The van der Waals surface area contributed by atoms with E-state index < -0.39 is 0 Å². The molecular weight excluding hydrogens is 400 g/mol. The van der Waals surface area contributed by atoms with Gasteiger partial charge in [-0.15, -0.1) is 0 Å². The number of aromatic nitrogens is 2. The van der Waals surface area contributed by atoms with E-state index >= 15 is 0 Å². The van der Waals surface area contributed by atoms with Gasteiger partial charge in [0.05, 0.1) is 0 Å². The van der Waals surface area contributed by atoms with Crippen molar-refractivity contribution in [1.82, 2.24) is 19.8 Å². The van der Waals surface area contributed by atoms with E-state index in [0.717, 1.165) is 76.7 Å². The van der Waals surface area contributed by atoms with Crippen LogP contribution < -0.4 is 10.2 Å². The van der Waals surface area contributed by atoms with Crippen molar-refractivity contribution >= 4 is 17.7 Å². The molecule has 4 fully saturated rings. The predicted molar refractivity (Wildman–Crippen MR) is 128 cm³/mol. The molecular formula is C25H40N6O. The topological polar surface area (TPSA) is 64.6 Å². The summed E-state index contributed by atoms with van der Waals surface area (Å²) >= 11 is 0. The van der Waals surface area contributed by atoms with Crippen molar-refractivity contribution in [3.8, 4) is 0 Å². The molecule has 0 radical (unpaired) electrons. The van der Waals surface area contributed by atoms with Crippen molar-refractivity contribution < 1.29 is 4.79 Å². The third-order valence-electron chi connectivity index (χ3n) is 7.76. The van der Waals surface area contributed by atoms with Crippen molar-refractivity contribution in [2.45, 2.75) is 82.7 Å². The third kappa shape index (κ3) is 5.53. The Labute approximate surface area is 193 Å². The second-order valence-corrected chi connectivity index (χ2v) is 10.3. The normalized spacial score (nSPS) is 28.1. The van der Waals surface area contributed by atoms with Gasteiger partial charge in [-0.25, -0.2) is 4.98 Å². The van der Waals surface area contributed by atoms with E-state index in [1.54, 1.807) is 0 Å². The van der Waals surface area contributed by atoms with Gasteiger partial charge >= 0.3 is 0 Å². The molecule has 2 atom stereocenters. The van der Waals surface area contributed by atoms with Crippen LogP contribution in [0, 0.1) is 5.92 Å². The second kappa shape index (κ2) is 10.4. The van der Waals surface area contributed by atoms with E-state index in [-0.39, 0.29) is 0 Å². The SMILES string of the molecule is O=C(C1CC1)N1CCCC(N2CCCCC(Nc3nccc(N4CCCCCC4)n3)C2)C1. The molecule has 2 unspecified atom stereocenters. The van der Waals surface area contributed by atoms with E-state index in [0.29, 0.717) is 23.9 Å². The molecule has 1 N–H and O–H groups in total. The zero-order valence-corrected chi connectivity index (χ0v) is 19.6. The van der Waals surface area contributed by atoms with Crippen LogP contribution in [0.4, 0.5) is 11.8 Å². The zero-order chi connectivity index (χ0) is 21.8. The summed E-state index contributed by atoms with van der Waals surface area (Å²) in [7, 11) is 0. The molecule has 1 amide bonds. The molecule has 176 valence electrons. The van der Waals surface area contributed by atoms with Crippen molar-refractivity contribution in [3.63, 3.8) is 0 Å². The maximum atomic E-state index is 12.6. The van der Waals surface area contributed by atoms with Crippen molar-refractivity contribution in [2.24, 2.45) is 5.92 Å². The zero-order valence-electron chi connectivity index (χ0n) is 19.6. The molecule has 1 aliphatic carbocycles. The molecule has 0 spiro atoms. The fourth-order valence-electron chi connectivity index (χ4n) is 5.74. The van der Waals surface area contributed by atoms with E-state index in [1.807, 2.05) is 6.20 Å².